The molecule has 0 aliphatic heterocycles. The van der Waals surface area contributed by atoms with Gasteiger partial charge in [-0.2, -0.15) is 0 Å². The molecule has 0 radical (unpaired) electrons. The zero-order valence-corrected chi connectivity index (χ0v) is 15.4. The molecule has 5 nitrogen and oxygen atoms in total. The van der Waals surface area contributed by atoms with Crippen molar-refractivity contribution in [2.45, 2.75) is 13.0 Å². The lowest BCUT2D eigenvalue weighted by Crippen LogP contribution is -2.26. The Morgan fingerprint density at radius 3 is 2.56 bits per heavy atom. The van der Waals surface area contributed by atoms with E-state index in [1.54, 1.807) is 18.2 Å². The highest BCUT2D eigenvalue weighted by Crippen LogP contribution is 2.26. The second-order valence-electron chi connectivity index (χ2n) is 5.84. The van der Waals surface area contributed by atoms with Gasteiger partial charge in [-0.1, -0.05) is 30.3 Å². The zero-order valence-electron chi connectivity index (χ0n) is 13.8. The third-order valence-electron chi connectivity index (χ3n) is 3.69. The normalized spacial score (nSPS) is 12.7. The molecule has 3 aromatic rings. The molecule has 2 N–H and O–H groups in total. The molecule has 0 unspecified atom stereocenters. The van der Waals surface area contributed by atoms with E-state index in [1.165, 1.54) is 11.3 Å². The van der Waals surface area contributed by atoms with Gasteiger partial charge in [0.25, 0.3) is 5.91 Å². The van der Waals surface area contributed by atoms with Gasteiger partial charge in [-0.05, 0) is 42.1 Å². The molecule has 0 aliphatic rings. The van der Waals surface area contributed by atoms with Crippen LogP contribution in [0.15, 0.2) is 54.6 Å². The minimum atomic E-state index is -3.34. The topological polar surface area (TPSA) is 75.3 Å². The molecule has 1 aromatic heterocycles. The van der Waals surface area contributed by atoms with Crippen molar-refractivity contribution in [3.8, 4) is 0 Å². The summed E-state index contributed by atoms with van der Waals surface area (Å²) in [6.45, 7) is 1.87. The Hall–Kier alpha value is -2.38. The monoisotopic (exact) mass is 374 g/mol. The van der Waals surface area contributed by atoms with Gasteiger partial charge in [-0.3, -0.25) is 9.52 Å². The van der Waals surface area contributed by atoms with E-state index in [-0.39, 0.29) is 11.9 Å². The molecule has 2 aromatic carbocycles. The first-order valence-corrected chi connectivity index (χ1v) is 10.4. The number of hydrogen-bond acceptors (Lipinski definition) is 4. The summed E-state index contributed by atoms with van der Waals surface area (Å²) in [5.74, 6) is -0.143. The van der Waals surface area contributed by atoms with Crippen molar-refractivity contribution in [1.29, 1.82) is 0 Å². The average Bonchev–Trinajstić information content (AvgIpc) is 2.97. The summed E-state index contributed by atoms with van der Waals surface area (Å²) < 4.78 is 26.2. The van der Waals surface area contributed by atoms with E-state index < -0.39 is 10.0 Å². The highest BCUT2D eigenvalue weighted by Gasteiger charge is 2.14. The van der Waals surface area contributed by atoms with Gasteiger partial charge >= 0.3 is 0 Å². The van der Waals surface area contributed by atoms with Gasteiger partial charge in [-0.15, -0.1) is 11.3 Å². The van der Waals surface area contributed by atoms with Crippen LogP contribution in [-0.4, -0.2) is 20.6 Å². The van der Waals surface area contributed by atoms with Crippen molar-refractivity contribution in [2.24, 2.45) is 0 Å². The number of amides is 1. The van der Waals surface area contributed by atoms with Crippen molar-refractivity contribution in [3.63, 3.8) is 0 Å². The van der Waals surface area contributed by atoms with Gasteiger partial charge in [0, 0.05) is 10.4 Å². The van der Waals surface area contributed by atoms with Crippen LogP contribution in [-0.2, 0) is 10.0 Å². The summed E-state index contributed by atoms with van der Waals surface area (Å²) in [4.78, 5) is 13.2. The Kier molecular flexibility index (Phi) is 4.78. The van der Waals surface area contributed by atoms with Crippen LogP contribution in [0.25, 0.3) is 10.1 Å². The Morgan fingerprint density at radius 2 is 1.84 bits per heavy atom. The van der Waals surface area contributed by atoms with Crippen molar-refractivity contribution in [2.75, 3.05) is 11.0 Å². The molecule has 25 heavy (non-hydrogen) atoms. The fourth-order valence-corrected chi connectivity index (χ4v) is 4.05. The summed E-state index contributed by atoms with van der Waals surface area (Å²) in [5.41, 5.74) is 1.30. The number of carbonyl (C=O) groups excluding carboxylic acids is 1. The minimum absolute atomic E-state index is 0.143. The third kappa shape index (κ3) is 4.37. The van der Waals surface area contributed by atoms with Crippen LogP contribution in [0.1, 0.15) is 28.2 Å². The highest BCUT2D eigenvalue weighted by atomic mass is 32.2. The third-order valence-corrected chi connectivity index (χ3v) is 5.41. The molecular weight excluding hydrogens is 356 g/mol. The minimum Gasteiger partial charge on any atom is -0.345 e. The van der Waals surface area contributed by atoms with Gasteiger partial charge in [0.2, 0.25) is 10.0 Å². The summed E-state index contributed by atoms with van der Waals surface area (Å²) in [6, 6.07) is 16.5. The maximum atomic E-state index is 12.5. The average molecular weight is 374 g/mol. The van der Waals surface area contributed by atoms with Gasteiger partial charge in [0.05, 0.1) is 17.2 Å². The highest BCUT2D eigenvalue weighted by molar-refractivity contribution is 7.92. The summed E-state index contributed by atoms with van der Waals surface area (Å²) in [7, 11) is -3.34. The number of hydrogen-bond donors (Lipinski definition) is 2. The first kappa shape index (κ1) is 17.4. The molecule has 0 saturated heterocycles. The van der Waals surface area contributed by atoms with Gasteiger partial charge in [-0.25, -0.2) is 8.42 Å². The SMILES string of the molecule is C[C@@H](NC(=O)c1cc2ccccc2s1)c1cccc(NS(C)(=O)=O)c1. The second kappa shape index (κ2) is 6.85. The molecule has 0 fully saturated rings. The molecule has 3 rings (SSSR count). The lowest BCUT2D eigenvalue weighted by atomic mass is 10.1. The Morgan fingerprint density at radius 1 is 1.08 bits per heavy atom. The van der Waals surface area contributed by atoms with Crippen molar-refractivity contribution in [1.82, 2.24) is 5.32 Å². The van der Waals surface area contributed by atoms with E-state index in [0.717, 1.165) is 21.9 Å². The second-order valence-corrected chi connectivity index (χ2v) is 8.68. The van der Waals surface area contributed by atoms with Crippen molar-refractivity contribution < 1.29 is 13.2 Å². The zero-order chi connectivity index (χ0) is 18.0. The molecular formula is C18H18N2O3S2. The smallest absolute Gasteiger partial charge is 0.261 e. The van der Waals surface area contributed by atoms with E-state index in [0.29, 0.717) is 10.6 Å². The number of carbonyl (C=O) groups is 1. The van der Waals surface area contributed by atoms with Crippen molar-refractivity contribution in [3.05, 3.63) is 65.0 Å². The summed E-state index contributed by atoms with van der Waals surface area (Å²) in [5, 5.41) is 4.00. The van der Waals surface area contributed by atoms with E-state index in [1.807, 2.05) is 43.3 Å². The lowest BCUT2D eigenvalue weighted by molar-refractivity contribution is 0.0944. The number of thiophene rings is 1. The van der Waals surface area contributed by atoms with Crippen LogP contribution >= 0.6 is 11.3 Å². The van der Waals surface area contributed by atoms with Gasteiger partial charge < -0.3 is 5.32 Å². The van der Waals surface area contributed by atoms with E-state index in [9.17, 15) is 13.2 Å². The quantitative estimate of drug-likeness (QED) is 0.714. The van der Waals surface area contributed by atoms with Crippen LogP contribution in [0.3, 0.4) is 0 Å². The van der Waals surface area contributed by atoms with Crippen LogP contribution in [0, 0.1) is 0 Å². The number of anilines is 1. The predicted octanol–water partition coefficient (Wildman–Crippen LogP) is 3.76. The fraction of sp³-hybridized carbons (Fsp3) is 0.167. The molecule has 0 spiro atoms. The molecule has 1 heterocycles. The van der Waals surface area contributed by atoms with E-state index in [4.69, 9.17) is 0 Å². The largest absolute Gasteiger partial charge is 0.345 e. The van der Waals surface area contributed by atoms with Crippen LogP contribution < -0.4 is 10.0 Å². The molecule has 0 aliphatic carbocycles. The molecule has 7 heteroatoms. The maximum absolute atomic E-state index is 12.5. The van der Waals surface area contributed by atoms with E-state index >= 15 is 0 Å². The Balaban J connectivity index is 1.76. The molecule has 1 atom stereocenters. The maximum Gasteiger partial charge on any atom is 0.261 e. The Labute approximate surface area is 150 Å². The number of fused-ring (bicyclic) bond motifs is 1. The number of rotatable bonds is 5. The van der Waals surface area contributed by atoms with Gasteiger partial charge in [0.1, 0.15) is 0 Å². The number of benzene rings is 2. The summed E-state index contributed by atoms with van der Waals surface area (Å²) >= 11 is 1.45. The molecule has 0 saturated carbocycles. The number of sulfonamides is 1. The predicted molar refractivity (Wildman–Crippen MR) is 103 cm³/mol. The molecule has 0 bridgehead atoms. The van der Waals surface area contributed by atoms with Crippen molar-refractivity contribution >= 4 is 43.0 Å². The Bertz CT molecular complexity index is 992. The first-order chi connectivity index (χ1) is 11.8. The number of nitrogens with one attached hydrogen (secondary N) is 2. The van der Waals surface area contributed by atoms with Crippen LogP contribution in [0.5, 0.6) is 0 Å². The van der Waals surface area contributed by atoms with Gasteiger partial charge in [0.15, 0.2) is 0 Å². The van der Waals surface area contributed by atoms with E-state index in [2.05, 4.69) is 10.0 Å². The van der Waals surface area contributed by atoms with Crippen LogP contribution in [0.4, 0.5) is 5.69 Å². The standard InChI is InChI=1S/C18H18N2O3S2/c1-12(13-7-5-8-15(10-13)20-25(2,22)23)19-18(21)17-11-14-6-3-4-9-16(14)24-17/h3-12,20H,1-2H3,(H,19,21)/t12-/m1/s1. The molecule has 1 amide bonds. The summed E-state index contributed by atoms with van der Waals surface area (Å²) in [6.07, 6.45) is 1.10. The first-order valence-electron chi connectivity index (χ1n) is 7.69. The van der Waals surface area contributed by atoms with Crippen LogP contribution in [0.2, 0.25) is 0 Å². The molecule has 130 valence electrons. The lowest BCUT2D eigenvalue weighted by Gasteiger charge is -2.15. The fourth-order valence-electron chi connectivity index (χ4n) is 2.53.